The lowest BCUT2D eigenvalue weighted by Gasteiger charge is -2.08. The van der Waals surface area contributed by atoms with E-state index in [0.29, 0.717) is 5.56 Å². The van der Waals surface area contributed by atoms with Gasteiger partial charge in [0.1, 0.15) is 5.75 Å². The third-order valence-corrected chi connectivity index (χ3v) is 1.54. The standard InChI is InChI=1S/C11H9F3O2/c12-11(13,14)16-10-6-3-5-9(8-10)4-1-2-7-15/h3,5-6,8,15H,2,7H2. The van der Waals surface area contributed by atoms with Crippen molar-refractivity contribution in [2.75, 3.05) is 6.61 Å². The normalized spacial score (nSPS) is 10.5. The first kappa shape index (κ1) is 12.4. The molecule has 0 fully saturated rings. The van der Waals surface area contributed by atoms with E-state index in [0.717, 1.165) is 0 Å². The van der Waals surface area contributed by atoms with Crippen molar-refractivity contribution in [3.8, 4) is 17.6 Å². The Labute approximate surface area is 90.7 Å². The van der Waals surface area contributed by atoms with Crippen LogP contribution in [0.1, 0.15) is 12.0 Å². The molecule has 0 saturated heterocycles. The number of halogens is 3. The van der Waals surface area contributed by atoms with Gasteiger partial charge in [0.05, 0.1) is 6.61 Å². The third-order valence-electron chi connectivity index (χ3n) is 1.54. The first-order valence-electron chi connectivity index (χ1n) is 4.47. The number of rotatable bonds is 2. The van der Waals surface area contributed by atoms with Crippen LogP contribution in [0.25, 0.3) is 0 Å². The molecule has 0 aliphatic carbocycles. The van der Waals surface area contributed by atoms with Crippen LogP contribution in [0.4, 0.5) is 13.2 Å². The zero-order valence-corrected chi connectivity index (χ0v) is 8.21. The summed E-state index contributed by atoms with van der Waals surface area (Å²) >= 11 is 0. The molecule has 0 spiro atoms. The van der Waals surface area contributed by atoms with Crippen LogP contribution in [0.5, 0.6) is 5.75 Å². The average molecular weight is 230 g/mol. The molecule has 0 atom stereocenters. The summed E-state index contributed by atoms with van der Waals surface area (Å²) in [5.41, 5.74) is 0.412. The van der Waals surface area contributed by atoms with E-state index in [1.807, 2.05) is 0 Å². The van der Waals surface area contributed by atoms with E-state index >= 15 is 0 Å². The predicted octanol–water partition coefficient (Wildman–Crippen LogP) is 2.32. The van der Waals surface area contributed by atoms with E-state index < -0.39 is 6.36 Å². The monoisotopic (exact) mass is 230 g/mol. The van der Waals surface area contributed by atoms with Gasteiger partial charge in [-0.1, -0.05) is 17.9 Å². The van der Waals surface area contributed by atoms with Crippen molar-refractivity contribution in [2.45, 2.75) is 12.8 Å². The van der Waals surface area contributed by atoms with Gasteiger partial charge in [-0.05, 0) is 18.2 Å². The second-order valence-corrected chi connectivity index (χ2v) is 2.85. The van der Waals surface area contributed by atoms with Crippen LogP contribution >= 0.6 is 0 Å². The zero-order valence-electron chi connectivity index (χ0n) is 8.21. The van der Waals surface area contributed by atoms with Crippen molar-refractivity contribution in [3.05, 3.63) is 29.8 Å². The minimum absolute atomic E-state index is 0.0776. The Balaban J connectivity index is 2.76. The molecule has 1 N–H and O–H groups in total. The Kier molecular flexibility index (Phi) is 4.20. The van der Waals surface area contributed by atoms with Crippen LogP contribution < -0.4 is 4.74 Å². The largest absolute Gasteiger partial charge is 0.573 e. The van der Waals surface area contributed by atoms with Gasteiger partial charge < -0.3 is 9.84 Å². The van der Waals surface area contributed by atoms with Crippen LogP contribution in [0.15, 0.2) is 24.3 Å². The molecule has 0 aromatic heterocycles. The summed E-state index contributed by atoms with van der Waals surface area (Å²) in [5, 5.41) is 8.48. The van der Waals surface area contributed by atoms with Gasteiger partial charge in [-0.25, -0.2) is 0 Å². The highest BCUT2D eigenvalue weighted by atomic mass is 19.4. The number of hydrogen-bond acceptors (Lipinski definition) is 2. The Bertz CT molecular complexity index is 402. The molecule has 0 aliphatic heterocycles. The third kappa shape index (κ3) is 4.71. The van der Waals surface area contributed by atoms with Crippen molar-refractivity contribution in [1.82, 2.24) is 0 Å². The molecule has 0 saturated carbocycles. The number of ether oxygens (including phenoxy) is 1. The molecule has 0 heterocycles. The lowest BCUT2D eigenvalue weighted by atomic mass is 10.2. The van der Waals surface area contributed by atoms with Crippen molar-refractivity contribution in [3.63, 3.8) is 0 Å². The van der Waals surface area contributed by atoms with E-state index in [-0.39, 0.29) is 18.8 Å². The molecule has 0 radical (unpaired) electrons. The fourth-order valence-corrected chi connectivity index (χ4v) is 0.991. The molecular weight excluding hydrogens is 221 g/mol. The topological polar surface area (TPSA) is 29.5 Å². The maximum atomic E-state index is 11.9. The van der Waals surface area contributed by atoms with Crippen LogP contribution in [0.3, 0.4) is 0 Å². The Morgan fingerprint density at radius 2 is 2.06 bits per heavy atom. The molecule has 2 nitrogen and oxygen atoms in total. The van der Waals surface area contributed by atoms with Gasteiger partial charge in [0.2, 0.25) is 0 Å². The summed E-state index contributed by atoms with van der Waals surface area (Å²) in [6, 6.07) is 5.38. The van der Waals surface area contributed by atoms with Crippen molar-refractivity contribution in [2.24, 2.45) is 0 Å². The molecular formula is C11H9F3O2. The van der Waals surface area contributed by atoms with Gasteiger partial charge in [-0.15, -0.1) is 13.2 Å². The predicted molar refractivity (Wildman–Crippen MR) is 51.7 cm³/mol. The highest BCUT2D eigenvalue weighted by Gasteiger charge is 2.30. The summed E-state index contributed by atoms with van der Waals surface area (Å²) in [5.74, 6) is 4.92. The second kappa shape index (κ2) is 5.42. The average Bonchev–Trinajstić information content (AvgIpc) is 2.16. The summed E-state index contributed by atoms with van der Waals surface area (Å²) in [4.78, 5) is 0. The molecule has 0 bridgehead atoms. The second-order valence-electron chi connectivity index (χ2n) is 2.85. The summed E-state index contributed by atoms with van der Waals surface area (Å²) in [6.07, 6.45) is -4.42. The van der Waals surface area contributed by atoms with Crippen LogP contribution in [-0.4, -0.2) is 18.1 Å². The SMILES string of the molecule is OCCC#Cc1cccc(OC(F)(F)F)c1. The van der Waals surface area contributed by atoms with Gasteiger partial charge in [-0.3, -0.25) is 0 Å². The van der Waals surface area contributed by atoms with E-state index in [9.17, 15) is 13.2 Å². The lowest BCUT2D eigenvalue weighted by molar-refractivity contribution is -0.274. The van der Waals surface area contributed by atoms with E-state index in [2.05, 4.69) is 16.6 Å². The van der Waals surface area contributed by atoms with Gasteiger partial charge in [0.15, 0.2) is 0 Å². The number of aliphatic hydroxyl groups is 1. The maximum Gasteiger partial charge on any atom is 0.573 e. The lowest BCUT2D eigenvalue weighted by Crippen LogP contribution is -2.17. The van der Waals surface area contributed by atoms with Gasteiger partial charge in [-0.2, -0.15) is 0 Å². The first-order valence-corrected chi connectivity index (χ1v) is 4.47. The van der Waals surface area contributed by atoms with E-state index in [1.165, 1.54) is 18.2 Å². The molecule has 0 unspecified atom stereocenters. The molecule has 1 aromatic rings. The van der Waals surface area contributed by atoms with Crippen LogP contribution in [0.2, 0.25) is 0 Å². The molecule has 0 amide bonds. The van der Waals surface area contributed by atoms with Crippen molar-refractivity contribution < 1.29 is 23.0 Å². The first-order chi connectivity index (χ1) is 7.51. The van der Waals surface area contributed by atoms with Gasteiger partial charge >= 0.3 is 6.36 Å². The van der Waals surface area contributed by atoms with Gasteiger partial charge in [0, 0.05) is 12.0 Å². The van der Waals surface area contributed by atoms with Crippen LogP contribution in [-0.2, 0) is 0 Å². The molecule has 1 rings (SSSR count). The number of benzene rings is 1. The van der Waals surface area contributed by atoms with E-state index in [1.54, 1.807) is 6.07 Å². The van der Waals surface area contributed by atoms with Crippen molar-refractivity contribution >= 4 is 0 Å². The summed E-state index contributed by atoms with van der Waals surface area (Å²) < 4.78 is 39.4. The smallest absolute Gasteiger partial charge is 0.406 e. The molecule has 86 valence electrons. The fourth-order valence-electron chi connectivity index (χ4n) is 0.991. The quantitative estimate of drug-likeness (QED) is 0.790. The Morgan fingerprint density at radius 3 is 2.69 bits per heavy atom. The number of aliphatic hydroxyl groups excluding tert-OH is 1. The minimum atomic E-state index is -4.70. The minimum Gasteiger partial charge on any atom is -0.406 e. The summed E-state index contributed by atoms with van der Waals surface area (Å²) in [7, 11) is 0. The maximum absolute atomic E-state index is 11.9. The number of hydrogen-bond donors (Lipinski definition) is 1. The Morgan fingerprint density at radius 1 is 1.31 bits per heavy atom. The molecule has 0 aliphatic rings. The fraction of sp³-hybridized carbons (Fsp3) is 0.273. The van der Waals surface area contributed by atoms with Gasteiger partial charge in [0.25, 0.3) is 0 Å². The molecule has 5 heteroatoms. The van der Waals surface area contributed by atoms with E-state index in [4.69, 9.17) is 5.11 Å². The Hall–Kier alpha value is -1.67. The highest BCUT2D eigenvalue weighted by molar-refractivity contribution is 5.39. The summed E-state index contributed by atoms with van der Waals surface area (Å²) in [6.45, 7) is -0.0776. The zero-order chi connectivity index (χ0) is 12.0. The molecule has 1 aromatic carbocycles. The number of alkyl halides is 3. The van der Waals surface area contributed by atoms with Crippen molar-refractivity contribution in [1.29, 1.82) is 0 Å². The highest BCUT2D eigenvalue weighted by Crippen LogP contribution is 2.22. The molecule has 16 heavy (non-hydrogen) atoms. The van der Waals surface area contributed by atoms with Crippen LogP contribution in [0, 0.1) is 11.8 Å².